The van der Waals surface area contributed by atoms with Crippen molar-refractivity contribution in [1.29, 1.82) is 0 Å². The number of imide groups is 1. The van der Waals surface area contributed by atoms with Crippen molar-refractivity contribution in [2.45, 2.75) is 19.9 Å². The molecular formula is C15H16N6O3. The van der Waals surface area contributed by atoms with E-state index in [9.17, 15) is 14.4 Å². The number of aromatic amines is 1. The molecule has 9 heteroatoms. The fraction of sp³-hybridized carbons (Fsp3) is 0.267. The van der Waals surface area contributed by atoms with E-state index in [1.807, 2.05) is 0 Å². The summed E-state index contributed by atoms with van der Waals surface area (Å²) in [6, 6.07) is 5.62. The third kappa shape index (κ3) is 3.09. The average Bonchev–Trinajstić information content (AvgIpc) is 3.13. The number of benzene rings is 1. The summed E-state index contributed by atoms with van der Waals surface area (Å²) in [7, 11) is 0. The second-order valence-electron chi connectivity index (χ2n) is 5.46. The molecule has 1 aromatic heterocycles. The summed E-state index contributed by atoms with van der Waals surface area (Å²) in [5, 5.41) is 11.7. The minimum atomic E-state index is -0.467. The minimum absolute atomic E-state index is 0.0222. The van der Waals surface area contributed by atoms with Crippen molar-refractivity contribution in [3.63, 3.8) is 0 Å². The Labute approximate surface area is 137 Å². The average molecular weight is 328 g/mol. The van der Waals surface area contributed by atoms with Crippen LogP contribution in [0.3, 0.4) is 0 Å². The van der Waals surface area contributed by atoms with Crippen molar-refractivity contribution in [1.82, 2.24) is 25.8 Å². The van der Waals surface area contributed by atoms with Crippen molar-refractivity contribution in [2.24, 2.45) is 0 Å². The molecule has 2 heterocycles. The highest BCUT2D eigenvalue weighted by Crippen LogP contribution is 2.18. The van der Waals surface area contributed by atoms with Gasteiger partial charge in [0.1, 0.15) is 12.4 Å². The third-order valence-corrected chi connectivity index (χ3v) is 3.58. The fourth-order valence-electron chi connectivity index (χ4n) is 2.34. The second kappa shape index (κ2) is 6.11. The number of anilines is 1. The summed E-state index contributed by atoms with van der Waals surface area (Å²) >= 11 is 0. The van der Waals surface area contributed by atoms with Crippen molar-refractivity contribution < 1.29 is 14.4 Å². The number of amides is 4. The molecule has 124 valence electrons. The van der Waals surface area contributed by atoms with E-state index in [1.54, 1.807) is 38.1 Å². The smallest absolute Gasteiger partial charge is 0.329 e. The van der Waals surface area contributed by atoms with Crippen LogP contribution in [0, 0.1) is 6.92 Å². The zero-order valence-electron chi connectivity index (χ0n) is 13.2. The Morgan fingerprint density at radius 3 is 2.54 bits per heavy atom. The normalized spacial score (nSPS) is 15.3. The molecule has 3 N–H and O–H groups in total. The van der Waals surface area contributed by atoms with Gasteiger partial charge in [0, 0.05) is 11.3 Å². The molecule has 4 amide bonds. The first-order valence-electron chi connectivity index (χ1n) is 7.35. The molecule has 1 aliphatic rings. The van der Waals surface area contributed by atoms with Crippen molar-refractivity contribution in [3.8, 4) is 0 Å². The van der Waals surface area contributed by atoms with Gasteiger partial charge in [-0.25, -0.2) is 9.78 Å². The molecule has 0 spiro atoms. The molecule has 1 saturated heterocycles. The number of hydrogen-bond donors (Lipinski definition) is 3. The van der Waals surface area contributed by atoms with Crippen LogP contribution in [0.1, 0.15) is 35.0 Å². The highest BCUT2D eigenvalue weighted by Gasteiger charge is 2.27. The van der Waals surface area contributed by atoms with E-state index >= 15 is 0 Å². The number of nitrogens with one attached hydrogen (secondary N) is 3. The van der Waals surface area contributed by atoms with Crippen LogP contribution in [0.2, 0.25) is 0 Å². The summed E-state index contributed by atoms with van der Waals surface area (Å²) in [5.74, 6) is 0.550. The van der Waals surface area contributed by atoms with Crippen LogP contribution in [-0.4, -0.2) is 39.6 Å². The summed E-state index contributed by atoms with van der Waals surface area (Å²) in [4.78, 5) is 40.6. The maximum absolute atomic E-state index is 12.3. The Morgan fingerprint density at radius 2 is 2.00 bits per heavy atom. The first kappa shape index (κ1) is 15.7. The van der Waals surface area contributed by atoms with Gasteiger partial charge in [-0.3, -0.25) is 24.9 Å². The van der Waals surface area contributed by atoms with Gasteiger partial charge in [-0.2, -0.15) is 5.10 Å². The molecule has 24 heavy (non-hydrogen) atoms. The van der Waals surface area contributed by atoms with Gasteiger partial charge in [0.25, 0.3) is 5.91 Å². The topological polar surface area (TPSA) is 120 Å². The largest absolute Gasteiger partial charge is 0.342 e. The molecule has 0 unspecified atom stereocenters. The van der Waals surface area contributed by atoms with E-state index in [2.05, 4.69) is 25.8 Å². The van der Waals surface area contributed by atoms with Gasteiger partial charge in [-0.15, -0.1) is 0 Å². The first-order valence-corrected chi connectivity index (χ1v) is 7.35. The zero-order chi connectivity index (χ0) is 17.3. The number of aryl methyl sites for hydroxylation is 1. The Balaban J connectivity index is 1.68. The quantitative estimate of drug-likeness (QED) is 0.712. The highest BCUT2D eigenvalue weighted by molar-refractivity contribution is 6.12. The second-order valence-corrected chi connectivity index (χ2v) is 5.46. The number of urea groups is 1. The summed E-state index contributed by atoms with van der Waals surface area (Å²) in [5.41, 5.74) is 0.983. The summed E-state index contributed by atoms with van der Waals surface area (Å²) < 4.78 is 0. The molecule has 9 nitrogen and oxygen atoms in total. The molecule has 1 aliphatic heterocycles. The summed E-state index contributed by atoms with van der Waals surface area (Å²) in [6.07, 6.45) is 0. The number of rotatable bonds is 4. The van der Waals surface area contributed by atoms with Crippen LogP contribution in [0.5, 0.6) is 0 Å². The van der Waals surface area contributed by atoms with Crippen molar-refractivity contribution in [3.05, 3.63) is 41.5 Å². The molecule has 0 aliphatic carbocycles. The van der Waals surface area contributed by atoms with E-state index in [-0.39, 0.29) is 24.4 Å². The maximum atomic E-state index is 12.3. The van der Waals surface area contributed by atoms with Crippen molar-refractivity contribution in [2.75, 3.05) is 11.4 Å². The number of H-pyrrole nitrogens is 1. The number of hydrogen-bond acceptors (Lipinski definition) is 5. The Kier molecular flexibility index (Phi) is 3.98. The number of aromatic nitrogens is 3. The predicted molar refractivity (Wildman–Crippen MR) is 84.3 cm³/mol. The monoisotopic (exact) mass is 328 g/mol. The molecular weight excluding hydrogens is 312 g/mol. The third-order valence-electron chi connectivity index (χ3n) is 3.58. The van der Waals surface area contributed by atoms with E-state index in [0.717, 1.165) is 0 Å². The standard InChI is InChI=1S/C15H16N6O3/c1-8(13-17-9(2)19-20-13)16-14(23)10-3-5-11(6-4-10)21-7-12(22)18-15(21)24/h3-6,8H,7H2,1-2H3,(H,16,23)(H,17,19,20)(H,18,22,24)/t8-/m1/s1. The maximum Gasteiger partial charge on any atom is 0.329 e. The van der Waals surface area contributed by atoms with E-state index in [1.165, 1.54) is 4.90 Å². The SMILES string of the molecule is Cc1nc([C@@H](C)NC(=O)c2ccc(N3CC(=O)NC3=O)cc2)n[nH]1. The highest BCUT2D eigenvalue weighted by atomic mass is 16.2. The van der Waals surface area contributed by atoms with E-state index in [0.29, 0.717) is 22.9 Å². The number of nitrogens with zero attached hydrogens (tertiary/aromatic N) is 3. The van der Waals surface area contributed by atoms with Gasteiger partial charge in [0.2, 0.25) is 5.91 Å². The van der Waals surface area contributed by atoms with Gasteiger partial charge >= 0.3 is 6.03 Å². The number of carbonyl (C=O) groups excluding carboxylic acids is 3. The van der Waals surface area contributed by atoms with Gasteiger partial charge in [0.05, 0.1) is 6.04 Å². The Bertz CT molecular complexity index is 798. The van der Waals surface area contributed by atoms with Gasteiger partial charge < -0.3 is 5.32 Å². The lowest BCUT2D eigenvalue weighted by Gasteiger charge is -2.14. The van der Waals surface area contributed by atoms with Crippen LogP contribution in [0.15, 0.2) is 24.3 Å². The van der Waals surface area contributed by atoms with Crippen molar-refractivity contribution >= 4 is 23.5 Å². The van der Waals surface area contributed by atoms with E-state index in [4.69, 9.17) is 0 Å². The molecule has 0 saturated carbocycles. The lowest BCUT2D eigenvalue weighted by molar-refractivity contribution is -0.117. The fourth-order valence-corrected chi connectivity index (χ4v) is 2.34. The van der Waals surface area contributed by atoms with Crippen LogP contribution >= 0.6 is 0 Å². The lowest BCUT2D eigenvalue weighted by Crippen LogP contribution is -2.29. The van der Waals surface area contributed by atoms with Crippen LogP contribution < -0.4 is 15.5 Å². The van der Waals surface area contributed by atoms with Crippen LogP contribution in [-0.2, 0) is 4.79 Å². The van der Waals surface area contributed by atoms with E-state index < -0.39 is 6.03 Å². The Morgan fingerprint density at radius 1 is 1.29 bits per heavy atom. The van der Waals surface area contributed by atoms with Crippen LogP contribution in [0.25, 0.3) is 0 Å². The molecule has 2 aromatic rings. The minimum Gasteiger partial charge on any atom is -0.342 e. The van der Waals surface area contributed by atoms with Gasteiger partial charge in [0.15, 0.2) is 5.82 Å². The summed E-state index contributed by atoms with van der Waals surface area (Å²) in [6.45, 7) is 3.55. The Hall–Kier alpha value is -3.23. The predicted octanol–water partition coefficient (Wildman–Crippen LogP) is 0.660. The molecule has 0 bridgehead atoms. The molecule has 1 aromatic carbocycles. The first-order chi connectivity index (χ1) is 11.4. The molecule has 1 atom stereocenters. The molecule has 1 fully saturated rings. The van der Waals surface area contributed by atoms with Gasteiger partial charge in [-0.05, 0) is 38.1 Å². The van der Waals surface area contributed by atoms with Crippen LogP contribution in [0.4, 0.5) is 10.5 Å². The van der Waals surface area contributed by atoms with Gasteiger partial charge in [-0.1, -0.05) is 0 Å². The molecule has 3 rings (SSSR count). The number of carbonyl (C=O) groups is 3. The molecule has 0 radical (unpaired) electrons. The lowest BCUT2D eigenvalue weighted by atomic mass is 10.1. The zero-order valence-corrected chi connectivity index (χ0v) is 13.2.